The molecule has 0 radical (unpaired) electrons. The van der Waals surface area contributed by atoms with Gasteiger partial charge in [0.25, 0.3) is 0 Å². The van der Waals surface area contributed by atoms with Crippen LogP contribution < -0.4 is 10.2 Å². The zero-order chi connectivity index (χ0) is 15.0. The van der Waals surface area contributed by atoms with Crippen LogP contribution in [0.15, 0.2) is 0 Å². The van der Waals surface area contributed by atoms with Crippen LogP contribution in [0, 0.1) is 5.92 Å². The molecule has 116 valence electrons. The molecule has 1 atom stereocenters. The van der Waals surface area contributed by atoms with Crippen molar-refractivity contribution in [2.24, 2.45) is 5.92 Å². The van der Waals surface area contributed by atoms with E-state index in [-0.39, 0.29) is 0 Å². The molecule has 0 aliphatic heterocycles. The van der Waals surface area contributed by atoms with E-state index < -0.39 is 0 Å². The molecule has 1 rings (SSSR count). The molecule has 0 saturated carbocycles. The van der Waals surface area contributed by atoms with Crippen LogP contribution in [0.1, 0.15) is 58.0 Å². The van der Waals surface area contributed by atoms with Gasteiger partial charge in [-0.25, -0.2) is 4.98 Å². The Hall–Kier alpha value is -0.610. The zero-order valence-corrected chi connectivity index (χ0v) is 14.6. The summed E-state index contributed by atoms with van der Waals surface area (Å²) in [5, 5.41) is 4.71. The third kappa shape index (κ3) is 5.06. The maximum atomic E-state index is 4.87. The minimum Gasteiger partial charge on any atom is -0.348 e. The van der Waals surface area contributed by atoms with Gasteiger partial charge in [-0.15, -0.1) is 11.3 Å². The maximum absolute atomic E-state index is 4.87. The van der Waals surface area contributed by atoms with Gasteiger partial charge in [0.15, 0.2) is 5.13 Å². The first-order valence-corrected chi connectivity index (χ1v) is 8.91. The molecule has 0 spiro atoms. The summed E-state index contributed by atoms with van der Waals surface area (Å²) in [5.74, 6) is 0.727. The molecular formula is C16H31N3S. The van der Waals surface area contributed by atoms with Gasteiger partial charge in [0.1, 0.15) is 0 Å². The van der Waals surface area contributed by atoms with E-state index in [4.69, 9.17) is 4.98 Å². The van der Waals surface area contributed by atoms with E-state index in [1.807, 2.05) is 11.3 Å². The molecule has 0 aliphatic rings. The van der Waals surface area contributed by atoms with Crippen LogP contribution in [0.25, 0.3) is 0 Å². The molecule has 1 unspecified atom stereocenters. The smallest absolute Gasteiger partial charge is 0.185 e. The molecule has 0 amide bonds. The highest BCUT2D eigenvalue weighted by Crippen LogP contribution is 2.27. The Morgan fingerprint density at radius 3 is 2.55 bits per heavy atom. The second kappa shape index (κ2) is 9.35. The van der Waals surface area contributed by atoms with Gasteiger partial charge in [0, 0.05) is 24.5 Å². The fraction of sp³-hybridized carbons (Fsp3) is 0.812. The van der Waals surface area contributed by atoms with E-state index >= 15 is 0 Å². The molecule has 1 aromatic rings. The predicted octanol–water partition coefficient (Wildman–Crippen LogP) is 4.08. The van der Waals surface area contributed by atoms with Crippen LogP contribution in [0.5, 0.6) is 0 Å². The number of hydrogen-bond acceptors (Lipinski definition) is 4. The van der Waals surface area contributed by atoms with Crippen molar-refractivity contribution in [3.63, 3.8) is 0 Å². The number of rotatable bonds is 10. The number of anilines is 1. The molecule has 1 N–H and O–H groups in total. The summed E-state index contributed by atoms with van der Waals surface area (Å²) in [6, 6.07) is 0. The summed E-state index contributed by atoms with van der Waals surface area (Å²) >= 11 is 1.87. The van der Waals surface area contributed by atoms with E-state index in [1.54, 1.807) is 0 Å². The van der Waals surface area contributed by atoms with Gasteiger partial charge in [-0.3, -0.25) is 0 Å². The first-order chi connectivity index (χ1) is 9.65. The summed E-state index contributed by atoms with van der Waals surface area (Å²) in [6.07, 6.45) is 3.44. The van der Waals surface area contributed by atoms with Gasteiger partial charge < -0.3 is 10.2 Å². The second-order valence-corrected chi connectivity index (χ2v) is 6.51. The molecule has 3 nitrogen and oxygen atoms in total. The summed E-state index contributed by atoms with van der Waals surface area (Å²) in [4.78, 5) is 8.72. The first kappa shape index (κ1) is 17.4. The zero-order valence-electron chi connectivity index (χ0n) is 13.8. The molecule has 0 aromatic carbocycles. The Labute approximate surface area is 128 Å². The minimum atomic E-state index is 0.727. The van der Waals surface area contributed by atoms with Gasteiger partial charge >= 0.3 is 0 Å². The van der Waals surface area contributed by atoms with Gasteiger partial charge in [0.05, 0.1) is 5.69 Å². The lowest BCUT2D eigenvalue weighted by Gasteiger charge is -2.23. The Bertz CT molecular complexity index is 376. The third-order valence-corrected chi connectivity index (χ3v) is 4.85. The lowest BCUT2D eigenvalue weighted by Crippen LogP contribution is -2.27. The van der Waals surface area contributed by atoms with Gasteiger partial charge in [-0.2, -0.15) is 0 Å². The quantitative estimate of drug-likeness (QED) is 0.660. The van der Waals surface area contributed by atoms with E-state index in [0.29, 0.717) is 0 Å². The molecule has 4 heteroatoms. The van der Waals surface area contributed by atoms with Crippen LogP contribution in [-0.4, -0.2) is 24.6 Å². The van der Waals surface area contributed by atoms with Crippen LogP contribution in [0.2, 0.25) is 0 Å². The lowest BCUT2D eigenvalue weighted by atomic mass is 10.1. The summed E-state index contributed by atoms with van der Waals surface area (Å²) in [7, 11) is 0. The largest absolute Gasteiger partial charge is 0.348 e. The van der Waals surface area contributed by atoms with E-state index in [2.05, 4.69) is 44.8 Å². The fourth-order valence-electron chi connectivity index (χ4n) is 2.15. The molecule has 20 heavy (non-hydrogen) atoms. The van der Waals surface area contributed by atoms with Crippen LogP contribution >= 0.6 is 11.3 Å². The predicted molar refractivity (Wildman–Crippen MR) is 90.8 cm³/mol. The minimum absolute atomic E-state index is 0.727. The van der Waals surface area contributed by atoms with Gasteiger partial charge in [-0.1, -0.05) is 34.1 Å². The Kier molecular flexibility index (Phi) is 8.15. The molecule has 0 bridgehead atoms. The number of aromatic nitrogens is 1. The van der Waals surface area contributed by atoms with Crippen molar-refractivity contribution in [3.8, 4) is 0 Å². The van der Waals surface area contributed by atoms with Crippen molar-refractivity contribution in [3.05, 3.63) is 10.6 Å². The summed E-state index contributed by atoms with van der Waals surface area (Å²) in [5.41, 5.74) is 1.27. The van der Waals surface area contributed by atoms with E-state index in [9.17, 15) is 0 Å². The average molecular weight is 298 g/mol. The van der Waals surface area contributed by atoms with Crippen molar-refractivity contribution in [2.75, 3.05) is 24.5 Å². The van der Waals surface area contributed by atoms with E-state index in [1.165, 1.54) is 28.5 Å². The summed E-state index contributed by atoms with van der Waals surface area (Å²) < 4.78 is 0. The molecule has 1 aromatic heterocycles. The van der Waals surface area contributed by atoms with Gasteiger partial charge in [-0.05, 0) is 32.2 Å². The Balaban J connectivity index is 2.77. The van der Waals surface area contributed by atoms with Crippen LogP contribution in [0.4, 0.5) is 5.13 Å². The first-order valence-electron chi connectivity index (χ1n) is 8.10. The molecule has 1 heterocycles. The Morgan fingerprint density at radius 1 is 1.25 bits per heavy atom. The van der Waals surface area contributed by atoms with E-state index in [0.717, 1.165) is 38.5 Å². The van der Waals surface area contributed by atoms with Crippen LogP contribution in [0.3, 0.4) is 0 Å². The number of thiazole rings is 1. The highest BCUT2D eigenvalue weighted by molar-refractivity contribution is 7.15. The standard InChI is InChI=1S/C16H31N3S/c1-6-10-17-11-15-14(8-3)18-16(20-15)19(9-4)12-13(5)7-2/h13,17H,6-12H2,1-5H3. The monoisotopic (exact) mass is 297 g/mol. The highest BCUT2D eigenvalue weighted by Gasteiger charge is 2.15. The van der Waals surface area contributed by atoms with Crippen molar-refractivity contribution >= 4 is 16.5 Å². The number of nitrogens with one attached hydrogen (secondary N) is 1. The second-order valence-electron chi connectivity index (χ2n) is 5.45. The van der Waals surface area contributed by atoms with Crippen LogP contribution in [-0.2, 0) is 13.0 Å². The SMILES string of the molecule is CCCNCc1sc(N(CC)CC(C)CC)nc1CC. The fourth-order valence-corrected chi connectivity index (χ4v) is 3.34. The van der Waals surface area contributed by atoms with Gasteiger partial charge in [0.2, 0.25) is 0 Å². The highest BCUT2D eigenvalue weighted by atomic mass is 32.1. The molecule has 0 aliphatic carbocycles. The lowest BCUT2D eigenvalue weighted by molar-refractivity contribution is 0.547. The third-order valence-electron chi connectivity index (χ3n) is 3.70. The van der Waals surface area contributed by atoms with Crippen molar-refractivity contribution in [2.45, 2.75) is 60.4 Å². The summed E-state index contributed by atoms with van der Waals surface area (Å²) in [6.45, 7) is 15.4. The molecule has 0 fully saturated rings. The van der Waals surface area contributed by atoms with Crippen molar-refractivity contribution in [1.82, 2.24) is 10.3 Å². The molecular weight excluding hydrogens is 266 g/mol. The average Bonchev–Trinajstić information content (AvgIpc) is 2.87. The van der Waals surface area contributed by atoms with Crippen molar-refractivity contribution in [1.29, 1.82) is 0 Å². The topological polar surface area (TPSA) is 28.2 Å². The molecule has 0 saturated heterocycles. The van der Waals surface area contributed by atoms with Crippen molar-refractivity contribution < 1.29 is 0 Å². The number of nitrogens with zero attached hydrogens (tertiary/aromatic N) is 2. The normalized spacial score (nSPS) is 12.7. The Morgan fingerprint density at radius 2 is 2.00 bits per heavy atom. The maximum Gasteiger partial charge on any atom is 0.185 e. The number of hydrogen-bond donors (Lipinski definition) is 1. The number of aryl methyl sites for hydroxylation is 1.